The van der Waals surface area contributed by atoms with Gasteiger partial charge in [-0.05, 0) is 44.8 Å². The number of benzene rings is 1. The van der Waals surface area contributed by atoms with Gasteiger partial charge in [0, 0.05) is 12.0 Å². The van der Waals surface area contributed by atoms with Gasteiger partial charge in [-0.15, -0.1) is 0 Å². The zero-order chi connectivity index (χ0) is 14.4. The Morgan fingerprint density at radius 2 is 2.30 bits per heavy atom. The quantitative estimate of drug-likeness (QED) is 0.838. The monoisotopic (exact) mass is 276 g/mol. The first-order chi connectivity index (χ1) is 9.70. The first-order valence-corrected chi connectivity index (χ1v) is 7.33. The number of hydrogen-bond donors (Lipinski definition) is 2. The smallest absolute Gasteiger partial charge is 0.220 e. The standard InChI is InChI=1S/C16H24N2O2/c1-12(14-5-3-4-6-15(14)20-2)18-16(19)8-7-13-9-10-17-11-13/h3-6,12-13,17H,7-11H2,1-2H3,(H,18,19). The molecule has 0 bridgehead atoms. The Balaban J connectivity index is 1.83. The molecule has 2 unspecified atom stereocenters. The molecular formula is C16H24N2O2. The van der Waals surface area contributed by atoms with Crippen LogP contribution >= 0.6 is 0 Å². The number of ether oxygens (including phenoxy) is 1. The minimum atomic E-state index is -0.0275. The predicted molar refractivity (Wildman–Crippen MR) is 79.8 cm³/mol. The Morgan fingerprint density at radius 1 is 1.50 bits per heavy atom. The Kier molecular flexibility index (Phi) is 5.41. The van der Waals surface area contributed by atoms with Crippen molar-refractivity contribution in [2.75, 3.05) is 20.2 Å². The van der Waals surface area contributed by atoms with Gasteiger partial charge in [0.2, 0.25) is 5.91 Å². The van der Waals surface area contributed by atoms with Crippen LogP contribution in [-0.4, -0.2) is 26.1 Å². The summed E-state index contributed by atoms with van der Waals surface area (Å²) in [4.78, 5) is 12.0. The van der Waals surface area contributed by atoms with E-state index in [9.17, 15) is 4.79 Å². The minimum Gasteiger partial charge on any atom is -0.496 e. The van der Waals surface area contributed by atoms with Gasteiger partial charge in [0.15, 0.2) is 0 Å². The highest BCUT2D eigenvalue weighted by atomic mass is 16.5. The molecule has 110 valence electrons. The Bertz CT molecular complexity index is 442. The summed E-state index contributed by atoms with van der Waals surface area (Å²) in [5.41, 5.74) is 1.02. The molecule has 2 N–H and O–H groups in total. The fourth-order valence-electron chi connectivity index (χ4n) is 2.71. The molecule has 1 heterocycles. The second kappa shape index (κ2) is 7.29. The Labute approximate surface area is 120 Å². The van der Waals surface area contributed by atoms with Crippen molar-refractivity contribution in [3.8, 4) is 5.75 Å². The molecule has 1 aliphatic rings. The van der Waals surface area contributed by atoms with Gasteiger partial charge in [-0.1, -0.05) is 18.2 Å². The number of para-hydroxylation sites is 1. The van der Waals surface area contributed by atoms with E-state index in [0.717, 1.165) is 30.8 Å². The van der Waals surface area contributed by atoms with E-state index >= 15 is 0 Å². The summed E-state index contributed by atoms with van der Waals surface area (Å²) in [7, 11) is 1.65. The normalized spacial score (nSPS) is 19.6. The molecule has 4 heteroatoms. The Hall–Kier alpha value is -1.55. The SMILES string of the molecule is COc1ccccc1C(C)NC(=O)CCC1CCNC1. The van der Waals surface area contributed by atoms with Gasteiger partial charge in [-0.2, -0.15) is 0 Å². The lowest BCUT2D eigenvalue weighted by Gasteiger charge is -2.17. The second-order valence-electron chi connectivity index (χ2n) is 5.43. The number of rotatable bonds is 6. The lowest BCUT2D eigenvalue weighted by atomic mass is 10.0. The molecule has 1 saturated heterocycles. The molecule has 1 aromatic rings. The summed E-state index contributed by atoms with van der Waals surface area (Å²) in [6.45, 7) is 4.13. The topological polar surface area (TPSA) is 50.4 Å². The van der Waals surface area contributed by atoms with Gasteiger partial charge in [-0.3, -0.25) is 4.79 Å². The van der Waals surface area contributed by atoms with E-state index in [0.29, 0.717) is 12.3 Å². The number of nitrogens with one attached hydrogen (secondary N) is 2. The molecule has 0 aliphatic carbocycles. The Morgan fingerprint density at radius 3 is 3.00 bits per heavy atom. The highest BCUT2D eigenvalue weighted by Gasteiger charge is 2.17. The third kappa shape index (κ3) is 3.97. The van der Waals surface area contributed by atoms with Crippen LogP contribution in [0, 0.1) is 5.92 Å². The van der Waals surface area contributed by atoms with Gasteiger partial charge < -0.3 is 15.4 Å². The van der Waals surface area contributed by atoms with E-state index < -0.39 is 0 Å². The number of hydrogen-bond acceptors (Lipinski definition) is 3. The molecule has 1 aromatic carbocycles. The molecule has 0 aromatic heterocycles. The molecule has 2 atom stereocenters. The van der Waals surface area contributed by atoms with Gasteiger partial charge in [0.05, 0.1) is 13.2 Å². The van der Waals surface area contributed by atoms with E-state index in [1.807, 2.05) is 31.2 Å². The number of amides is 1. The minimum absolute atomic E-state index is 0.0275. The molecular weight excluding hydrogens is 252 g/mol. The largest absolute Gasteiger partial charge is 0.496 e. The zero-order valence-corrected chi connectivity index (χ0v) is 12.3. The number of carbonyl (C=O) groups excluding carboxylic acids is 1. The van der Waals surface area contributed by atoms with E-state index in [1.165, 1.54) is 6.42 Å². The van der Waals surface area contributed by atoms with E-state index in [1.54, 1.807) is 7.11 Å². The van der Waals surface area contributed by atoms with Crippen LogP contribution in [0.25, 0.3) is 0 Å². The van der Waals surface area contributed by atoms with Crippen LogP contribution in [0.5, 0.6) is 5.75 Å². The van der Waals surface area contributed by atoms with E-state index in [-0.39, 0.29) is 11.9 Å². The highest BCUT2D eigenvalue weighted by Crippen LogP contribution is 2.24. The van der Waals surface area contributed by atoms with Gasteiger partial charge in [0.25, 0.3) is 0 Å². The summed E-state index contributed by atoms with van der Waals surface area (Å²) in [5.74, 6) is 1.60. The third-order valence-electron chi connectivity index (χ3n) is 3.92. The lowest BCUT2D eigenvalue weighted by molar-refractivity contribution is -0.122. The number of methoxy groups -OCH3 is 1. The molecule has 4 nitrogen and oxygen atoms in total. The summed E-state index contributed by atoms with van der Waals surface area (Å²) in [6, 6.07) is 7.78. The first kappa shape index (κ1) is 14.9. The lowest BCUT2D eigenvalue weighted by Crippen LogP contribution is -2.27. The molecule has 20 heavy (non-hydrogen) atoms. The van der Waals surface area contributed by atoms with Gasteiger partial charge in [0.1, 0.15) is 5.75 Å². The maximum absolute atomic E-state index is 12.0. The summed E-state index contributed by atoms with van der Waals surface area (Å²) >= 11 is 0. The van der Waals surface area contributed by atoms with Crippen LogP contribution in [0.15, 0.2) is 24.3 Å². The first-order valence-electron chi connectivity index (χ1n) is 7.33. The fraction of sp³-hybridized carbons (Fsp3) is 0.562. The van der Waals surface area contributed by atoms with E-state index in [2.05, 4.69) is 10.6 Å². The van der Waals surface area contributed by atoms with E-state index in [4.69, 9.17) is 4.74 Å². The van der Waals surface area contributed by atoms with Crippen molar-refractivity contribution < 1.29 is 9.53 Å². The molecule has 0 spiro atoms. The average molecular weight is 276 g/mol. The molecule has 2 rings (SSSR count). The van der Waals surface area contributed by atoms with Crippen molar-refractivity contribution in [2.45, 2.75) is 32.2 Å². The molecule has 1 amide bonds. The van der Waals surface area contributed by atoms with Crippen LogP contribution in [0.1, 0.15) is 37.8 Å². The van der Waals surface area contributed by atoms with Crippen molar-refractivity contribution in [3.05, 3.63) is 29.8 Å². The number of carbonyl (C=O) groups is 1. The summed E-state index contributed by atoms with van der Waals surface area (Å²) in [5, 5.41) is 6.39. The molecule has 1 aliphatic heterocycles. The summed E-state index contributed by atoms with van der Waals surface area (Å²) < 4.78 is 5.33. The van der Waals surface area contributed by atoms with Crippen molar-refractivity contribution in [3.63, 3.8) is 0 Å². The predicted octanol–water partition coefficient (Wildman–Crippen LogP) is 2.26. The molecule has 0 saturated carbocycles. The maximum Gasteiger partial charge on any atom is 0.220 e. The molecule has 0 radical (unpaired) electrons. The fourth-order valence-corrected chi connectivity index (χ4v) is 2.71. The van der Waals surface area contributed by atoms with Crippen molar-refractivity contribution in [1.29, 1.82) is 0 Å². The van der Waals surface area contributed by atoms with Gasteiger partial charge >= 0.3 is 0 Å². The van der Waals surface area contributed by atoms with Crippen LogP contribution < -0.4 is 15.4 Å². The molecule has 1 fully saturated rings. The second-order valence-corrected chi connectivity index (χ2v) is 5.43. The third-order valence-corrected chi connectivity index (χ3v) is 3.92. The van der Waals surface area contributed by atoms with Crippen molar-refractivity contribution >= 4 is 5.91 Å². The van der Waals surface area contributed by atoms with Crippen LogP contribution in [-0.2, 0) is 4.79 Å². The zero-order valence-electron chi connectivity index (χ0n) is 12.3. The summed E-state index contributed by atoms with van der Waals surface area (Å²) in [6.07, 6.45) is 2.76. The van der Waals surface area contributed by atoms with Crippen molar-refractivity contribution in [2.24, 2.45) is 5.92 Å². The van der Waals surface area contributed by atoms with Crippen LogP contribution in [0.4, 0.5) is 0 Å². The average Bonchev–Trinajstić information content (AvgIpc) is 2.98. The maximum atomic E-state index is 12.0. The van der Waals surface area contributed by atoms with Gasteiger partial charge in [-0.25, -0.2) is 0 Å². The van der Waals surface area contributed by atoms with Crippen LogP contribution in [0.2, 0.25) is 0 Å². The van der Waals surface area contributed by atoms with Crippen LogP contribution in [0.3, 0.4) is 0 Å². The van der Waals surface area contributed by atoms with Crippen molar-refractivity contribution in [1.82, 2.24) is 10.6 Å². The highest BCUT2D eigenvalue weighted by molar-refractivity contribution is 5.76.